The van der Waals surface area contributed by atoms with Crippen molar-refractivity contribution in [2.24, 2.45) is 0 Å². The number of hydrogen-bond donors (Lipinski definition) is 3. The number of rotatable bonds is 12. The topological polar surface area (TPSA) is 176 Å². The number of methoxy groups -OCH3 is 4. The monoisotopic (exact) mass is 533 g/mol. The fourth-order valence-corrected chi connectivity index (χ4v) is 3.77. The van der Waals surface area contributed by atoms with Crippen molar-refractivity contribution in [3.8, 4) is 28.7 Å². The molecular weight excluding hydrogens is 509 g/mol. The van der Waals surface area contributed by atoms with Gasteiger partial charge >= 0.3 is 13.8 Å². The molecule has 35 heavy (non-hydrogen) atoms. The Morgan fingerprint density at radius 2 is 1.54 bits per heavy atom. The minimum absolute atomic E-state index is 0.00261. The first-order valence-electron chi connectivity index (χ1n) is 9.51. The molecule has 0 amide bonds. The van der Waals surface area contributed by atoms with Gasteiger partial charge < -0.3 is 33.5 Å². The van der Waals surface area contributed by atoms with Crippen molar-refractivity contribution in [3.63, 3.8) is 0 Å². The van der Waals surface area contributed by atoms with Crippen LogP contribution in [0.25, 0.3) is 6.08 Å². The van der Waals surface area contributed by atoms with E-state index in [0.29, 0.717) is 22.8 Å². The normalized spacial score (nSPS) is 11.7. The summed E-state index contributed by atoms with van der Waals surface area (Å²) in [7, 11) is -3.41. The Bertz CT molecular complexity index is 1210. The molecule has 0 aliphatic rings. The van der Waals surface area contributed by atoms with Gasteiger partial charge in [-0.1, -0.05) is 0 Å². The van der Waals surface area contributed by atoms with Gasteiger partial charge in [0.05, 0.1) is 45.1 Å². The molecule has 3 N–H and O–H groups in total. The lowest BCUT2D eigenvalue weighted by molar-refractivity contribution is -0.137. The van der Waals surface area contributed by atoms with Gasteiger partial charge in [-0.05, 0) is 18.2 Å². The molecule has 0 saturated heterocycles. The number of carbonyl (C=O) groups is 1. The molecule has 2 aromatic carbocycles. The zero-order valence-electron chi connectivity index (χ0n) is 19.1. The van der Waals surface area contributed by atoms with E-state index in [1.54, 1.807) is 12.1 Å². The molecule has 0 aromatic heterocycles. The maximum absolute atomic E-state index is 12.6. The van der Waals surface area contributed by atoms with Crippen LogP contribution >= 0.6 is 7.82 Å². The number of nitrogens with one attached hydrogen (secondary N) is 1. The van der Waals surface area contributed by atoms with Crippen LogP contribution < -0.4 is 28.4 Å². The maximum atomic E-state index is 12.6. The summed E-state index contributed by atoms with van der Waals surface area (Å²) in [5.41, 5.74) is 0.346. The van der Waals surface area contributed by atoms with Crippen LogP contribution in [0.3, 0.4) is 0 Å². The summed E-state index contributed by atoms with van der Waals surface area (Å²) in [6.07, 6.45) is 1.27. The minimum Gasteiger partial charge on any atom is -0.496 e. The lowest BCUT2D eigenvalue weighted by atomic mass is 10.1. The van der Waals surface area contributed by atoms with Crippen LogP contribution in [0.15, 0.2) is 35.7 Å². The van der Waals surface area contributed by atoms with E-state index in [-0.39, 0.29) is 17.2 Å². The molecule has 0 aliphatic carbocycles. The maximum Gasteiger partial charge on any atom is 0.470 e. The summed E-state index contributed by atoms with van der Waals surface area (Å²) in [5, 5.41) is 0.879. The highest BCUT2D eigenvalue weighted by atomic mass is 32.2. The second-order valence-electron chi connectivity index (χ2n) is 6.50. The number of carbonyl (C=O) groups excluding carboxylic acids is 1. The first-order valence-corrected chi connectivity index (χ1v) is 12.6. The summed E-state index contributed by atoms with van der Waals surface area (Å²) in [4.78, 5) is 29.2. The quantitative estimate of drug-likeness (QED) is 0.206. The molecule has 0 spiro atoms. The standard InChI is InChI=1S/C20H24NO12PS/c1-28-14-10-17(30-3)15(18(11-14)31-4)7-8-35(26,27)21-13-5-6-16(29-2)19(9-13)33-20(22)12-32-34(23,24)25/h5-11,21H,12H2,1-4H3,(H2,23,24,25). The lowest BCUT2D eigenvalue weighted by Gasteiger charge is -2.13. The van der Waals surface area contributed by atoms with Crippen molar-refractivity contribution >= 4 is 35.6 Å². The summed E-state index contributed by atoms with van der Waals surface area (Å²) in [6.45, 7) is -1.04. The SMILES string of the molecule is COc1cc(OC)c(C=CS(=O)(=O)Nc2ccc(OC)c(OC(=O)COP(=O)(O)O)c2)c(OC)c1. The molecule has 0 radical (unpaired) electrons. The number of phosphoric acid groups is 1. The predicted molar refractivity (Wildman–Crippen MR) is 124 cm³/mol. The summed E-state index contributed by atoms with van der Waals surface area (Å²) in [5.74, 6) is -0.239. The molecule has 2 aromatic rings. The third kappa shape index (κ3) is 8.46. The number of benzene rings is 2. The van der Waals surface area contributed by atoms with Gasteiger partial charge in [-0.3, -0.25) is 9.25 Å². The number of sulfonamides is 1. The van der Waals surface area contributed by atoms with Crippen LogP contribution in [-0.2, 0) is 23.9 Å². The Kier molecular flexibility index (Phi) is 9.51. The summed E-state index contributed by atoms with van der Waals surface area (Å²) < 4.78 is 68.1. The fraction of sp³-hybridized carbons (Fsp3) is 0.250. The zero-order chi connectivity index (χ0) is 26.2. The number of phosphoric ester groups is 1. The van der Waals surface area contributed by atoms with Gasteiger partial charge in [-0.15, -0.1) is 0 Å². The third-order valence-corrected chi connectivity index (χ3v) is 5.65. The van der Waals surface area contributed by atoms with Gasteiger partial charge in [-0.25, -0.2) is 17.8 Å². The highest BCUT2D eigenvalue weighted by molar-refractivity contribution is 7.95. The number of hydrogen-bond acceptors (Lipinski definition) is 10. The van der Waals surface area contributed by atoms with Gasteiger partial charge in [0.15, 0.2) is 18.1 Å². The second-order valence-corrected chi connectivity index (χ2v) is 9.30. The van der Waals surface area contributed by atoms with Gasteiger partial charge in [0.2, 0.25) is 0 Å². The van der Waals surface area contributed by atoms with Gasteiger partial charge in [0.1, 0.15) is 17.2 Å². The van der Waals surface area contributed by atoms with E-state index in [0.717, 1.165) is 11.5 Å². The van der Waals surface area contributed by atoms with Crippen LogP contribution in [0.2, 0.25) is 0 Å². The summed E-state index contributed by atoms with van der Waals surface area (Å²) in [6, 6.07) is 6.94. The first-order chi connectivity index (χ1) is 16.4. The van der Waals surface area contributed by atoms with Gasteiger partial charge in [0.25, 0.3) is 10.0 Å². The number of anilines is 1. The molecule has 13 nitrogen and oxygen atoms in total. The van der Waals surface area contributed by atoms with E-state index in [9.17, 15) is 17.8 Å². The van der Waals surface area contributed by atoms with E-state index in [1.807, 2.05) is 0 Å². The van der Waals surface area contributed by atoms with Crippen LogP contribution in [0, 0.1) is 0 Å². The van der Waals surface area contributed by atoms with Crippen LogP contribution in [0.5, 0.6) is 28.7 Å². The average molecular weight is 533 g/mol. The van der Waals surface area contributed by atoms with Crippen LogP contribution in [0.1, 0.15) is 5.56 Å². The van der Waals surface area contributed by atoms with Crippen molar-refractivity contribution in [1.29, 1.82) is 0 Å². The predicted octanol–water partition coefficient (Wildman–Crippen LogP) is 2.15. The van der Waals surface area contributed by atoms with E-state index in [1.165, 1.54) is 46.6 Å². The molecular formula is C20H24NO12PS. The molecule has 0 heterocycles. The zero-order valence-corrected chi connectivity index (χ0v) is 20.8. The molecule has 0 saturated carbocycles. The second kappa shape index (κ2) is 11.9. The van der Waals surface area contributed by atoms with E-state index in [2.05, 4.69) is 9.25 Å². The number of esters is 1. The largest absolute Gasteiger partial charge is 0.496 e. The molecule has 0 bridgehead atoms. The Hall–Kier alpha value is -3.29. The van der Waals surface area contributed by atoms with Gasteiger partial charge in [-0.2, -0.15) is 0 Å². The van der Waals surface area contributed by atoms with Crippen molar-refractivity contribution in [2.75, 3.05) is 39.8 Å². The van der Waals surface area contributed by atoms with Crippen molar-refractivity contribution in [1.82, 2.24) is 0 Å². The Morgan fingerprint density at radius 3 is 2.06 bits per heavy atom. The molecule has 0 atom stereocenters. The smallest absolute Gasteiger partial charge is 0.470 e. The molecule has 0 unspecified atom stereocenters. The van der Waals surface area contributed by atoms with Gasteiger partial charge in [0, 0.05) is 18.2 Å². The van der Waals surface area contributed by atoms with Crippen molar-refractivity contribution < 1.29 is 55.8 Å². The Labute approximate surface area is 201 Å². The third-order valence-electron chi connectivity index (χ3n) is 4.17. The highest BCUT2D eigenvalue weighted by Crippen LogP contribution is 2.37. The first kappa shape index (κ1) is 28.0. The lowest BCUT2D eigenvalue weighted by Crippen LogP contribution is -2.15. The molecule has 0 fully saturated rings. The Morgan fingerprint density at radius 1 is 0.943 bits per heavy atom. The molecule has 192 valence electrons. The van der Waals surface area contributed by atoms with E-state index >= 15 is 0 Å². The minimum atomic E-state index is -4.89. The van der Waals surface area contributed by atoms with Crippen molar-refractivity contribution in [2.45, 2.75) is 0 Å². The average Bonchev–Trinajstić information content (AvgIpc) is 2.80. The molecule has 0 aliphatic heterocycles. The highest BCUT2D eigenvalue weighted by Gasteiger charge is 2.19. The molecule has 2 rings (SSSR count). The fourth-order valence-electron chi connectivity index (χ4n) is 2.66. The molecule has 15 heteroatoms. The van der Waals surface area contributed by atoms with Crippen LogP contribution in [0.4, 0.5) is 5.69 Å². The summed E-state index contributed by atoms with van der Waals surface area (Å²) >= 11 is 0. The number of ether oxygens (including phenoxy) is 5. The van der Waals surface area contributed by atoms with Crippen LogP contribution in [-0.4, -0.2) is 59.2 Å². The van der Waals surface area contributed by atoms with Crippen molar-refractivity contribution in [3.05, 3.63) is 41.3 Å². The van der Waals surface area contributed by atoms with E-state index in [4.69, 9.17) is 33.5 Å². The van der Waals surface area contributed by atoms with E-state index < -0.39 is 30.4 Å². The Balaban J connectivity index is 2.26.